The number of allylic oxidation sites excluding steroid dienone is 2. The zero-order valence-corrected chi connectivity index (χ0v) is 8.42. The van der Waals surface area contributed by atoms with Gasteiger partial charge in [0.2, 0.25) is 0 Å². The fourth-order valence-electron chi connectivity index (χ4n) is 2.03. The lowest BCUT2D eigenvalue weighted by Crippen LogP contribution is -2.11. The highest BCUT2D eigenvalue weighted by Gasteiger charge is 2.34. The van der Waals surface area contributed by atoms with Crippen LogP contribution in [0.3, 0.4) is 0 Å². The van der Waals surface area contributed by atoms with E-state index in [-0.39, 0.29) is 11.8 Å². The first kappa shape index (κ1) is 9.50. The number of hydrogen-bond donors (Lipinski definition) is 0. The molecule has 0 aromatic heterocycles. The van der Waals surface area contributed by atoms with Crippen LogP contribution in [-0.4, -0.2) is 5.78 Å². The van der Waals surface area contributed by atoms with Crippen molar-refractivity contribution in [2.75, 3.05) is 0 Å². The van der Waals surface area contributed by atoms with E-state index in [2.05, 4.69) is 26.8 Å². The summed E-state index contributed by atoms with van der Waals surface area (Å²) in [5, 5.41) is 0. The molecule has 0 N–H and O–H groups in total. The third kappa shape index (κ3) is 1.77. The van der Waals surface area contributed by atoms with Crippen LogP contribution in [-0.2, 0) is 4.79 Å². The van der Waals surface area contributed by atoms with E-state index in [1.54, 1.807) is 0 Å². The lowest BCUT2D eigenvalue weighted by atomic mass is 9.96. The van der Waals surface area contributed by atoms with Crippen LogP contribution in [0.5, 0.6) is 0 Å². The summed E-state index contributed by atoms with van der Waals surface area (Å²) in [4.78, 5) is 11.5. The van der Waals surface area contributed by atoms with E-state index >= 15 is 0 Å². The van der Waals surface area contributed by atoms with Gasteiger partial charge in [-0.25, -0.2) is 0 Å². The number of hydrogen-bond acceptors (Lipinski definition) is 1. The summed E-state index contributed by atoms with van der Waals surface area (Å²) in [5.41, 5.74) is 1.33. The molecule has 68 valence electrons. The van der Waals surface area contributed by atoms with Gasteiger partial charge in [-0.2, -0.15) is 0 Å². The molecule has 0 spiro atoms. The number of carbonyl (C=O) groups excluding carboxylic acids is 1. The topological polar surface area (TPSA) is 17.1 Å². The molecule has 1 aliphatic rings. The van der Waals surface area contributed by atoms with E-state index in [1.165, 1.54) is 5.57 Å². The normalized spacial score (nSPS) is 35.3. The molecule has 0 aromatic rings. The van der Waals surface area contributed by atoms with Gasteiger partial charge in [0.15, 0.2) is 0 Å². The highest BCUT2D eigenvalue weighted by molar-refractivity contribution is 5.85. The van der Waals surface area contributed by atoms with Crippen molar-refractivity contribution < 1.29 is 4.79 Å². The number of ketones is 1. The third-order valence-electron chi connectivity index (χ3n) is 2.75. The Balaban J connectivity index is 2.71. The average Bonchev–Trinajstić information content (AvgIpc) is 2.17. The molecule has 1 rings (SSSR count). The van der Waals surface area contributed by atoms with E-state index in [4.69, 9.17) is 0 Å². The molecule has 12 heavy (non-hydrogen) atoms. The maximum atomic E-state index is 11.5. The van der Waals surface area contributed by atoms with Crippen molar-refractivity contribution in [1.29, 1.82) is 0 Å². The van der Waals surface area contributed by atoms with Crippen LogP contribution in [0.1, 0.15) is 34.1 Å². The summed E-state index contributed by atoms with van der Waals surface area (Å²) in [5.74, 6) is 1.46. The Labute approximate surface area is 74.9 Å². The maximum absolute atomic E-state index is 11.5. The van der Waals surface area contributed by atoms with Crippen LogP contribution in [0.15, 0.2) is 11.6 Å². The first-order valence-corrected chi connectivity index (χ1v) is 4.71. The van der Waals surface area contributed by atoms with E-state index in [1.807, 2.05) is 6.92 Å². The number of rotatable bonds is 1. The molecule has 1 heteroatoms. The van der Waals surface area contributed by atoms with Crippen molar-refractivity contribution in [2.24, 2.45) is 17.8 Å². The molecule has 0 saturated heterocycles. The average molecular weight is 166 g/mol. The summed E-state index contributed by atoms with van der Waals surface area (Å²) < 4.78 is 0. The van der Waals surface area contributed by atoms with Crippen LogP contribution in [0.4, 0.5) is 0 Å². The van der Waals surface area contributed by atoms with Gasteiger partial charge in [-0.15, -0.1) is 0 Å². The fraction of sp³-hybridized carbons (Fsp3) is 0.727. The molecule has 0 heterocycles. The zero-order chi connectivity index (χ0) is 9.30. The second-order valence-electron chi connectivity index (χ2n) is 4.24. The Morgan fingerprint density at radius 1 is 1.42 bits per heavy atom. The molecule has 3 atom stereocenters. The van der Waals surface area contributed by atoms with Crippen LogP contribution in [0.25, 0.3) is 0 Å². The van der Waals surface area contributed by atoms with E-state index < -0.39 is 0 Å². The van der Waals surface area contributed by atoms with Gasteiger partial charge in [0.05, 0.1) is 0 Å². The second kappa shape index (κ2) is 3.42. The van der Waals surface area contributed by atoms with Gasteiger partial charge in [0, 0.05) is 11.8 Å². The molecule has 0 aliphatic heterocycles. The number of carbonyl (C=O) groups is 1. The minimum atomic E-state index is 0.245. The Morgan fingerprint density at radius 3 is 2.33 bits per heavy atom. The highest BCUT2D eigenvalue weighted by Crippen LogP contribution is 2.34. The molecule has 0 aromatic carbocycles. The predicted octanol–water partition coefficient (Wildman–Crippen LogP) is 2.81. The standard InChI is InChI=1S/C11H18O/c1-7(2)5-10-6-8(3)11(12)9(10)4/h5,8-10H,6H2,1-4H3. The molecule has 0 amide bonds. The Bertz CT molecular complexity index is 211. The first-order chi connectivity index (χ1) is 5.52. The monoisotopic (exact) mass is 166 g/mol. The first-order valence-electron chi connectivity index (χ1n) is 4.71. The van der Waals surface area contributed by atoms with E-state index in [0.29, 0.717) is 11.7 Å². The van der Waals surface area contributed by atoms with Crippen molar-refractivity contribution in [3.63, 3.8) is 0 Å². The van der Waals surface area contributed by atoms with Gasteiger partial charge in [-0.1, -0.05) is 25.5 Å². The minimum absolute atomic E-state index is 0.245. The largest absolute Gasteiger partial charge is 0.299 e. The lowest BCUT2D eigenvalue weighted by Gasteiger charge is -2.08. The quantitative estimate of drug-likeness (QED) is 0.547. The predicted molar refractivity (Wildman–Crippen MR) is 50.9 cm³/mol. The van der Waals surface area contributed by atoms with Crippen molar-refractivity contribution >= 4 is 5.78 Å². The fourth-order valence-corrected chi connectivity index (χ4v) is 2.03. The maximum Gasteiger partial charge on any atom is 0.139 e. The van der Waals surface area contributed by atoms with Gasteiger partial charge < -0.3 is 0 Å². The van der Waals surface area contributed by atoms with Gasteiger partial charge in [0.1, 0.15) is 5.78 Å². The smallest absolute Gasteiger partial charge is 0.139 e. The van der Waals surface area contributed by atoms with Crippen molar-refractivity contribution in [3.05, 3.63) is 11.6 Å². The van der Waals surface area contributed by atoms with Crippen molar-refractivity contribution in [2.45, 2.75) is 34.1 Å². The molecule has 1 aliphatic carbocycles. The zero-order valence-electron chi connectivity index (χ0n) is 8.42. The summed E-state index contributed by atoms with van der Waals surface area (Å²) in [6, 6.07) is 0. The van der Waals surface area contributed by atoms with E-state index in [9.17, 15) is 4.79 Å². The summed E-state index contributed by atoms with van der Waals surface area (Å²) in [6.45, 7) is 8.29. The highest BCUT2D eigenvalue weighted by atomic mass is 16.1. The Kier molecular flexibility index (Phi) is 2.71. The van der Waals surface area contributed by atoms with Gasteiger partial charge in [-0.05, 0) is 26.2 Å². The van der Waals surface area contributed by atoms with Crippen molar-refractivity contribution in [1.82, 2.24) is 0 Å². The van der Waals surface area contributed by atoms with Crippen LogP contribution >= 0.6 is 0 Å². The SMILES string of the molecule is CC(C)=CC1CC(C)C(=O)C1C. The summed E-state index contributed by atoms with van der Waals surface area (Å²) in [7, 11) is 0. The van der Waals surface area contributed by atoms with Gasteiger partial charge >= 0.3 is 0 Å². The van der Waals surface area contributed by atoms with Crippen LogP contribution in [0.2, 0.25) is 0 Å². The second-order valence-corrected chi connectivity index (χ2v) is 4.24. The molecule has 1 fully saturated rings. The molecule has 0 bridgehead atoms. The molecule has 1 saturated carbocycles. The minimum Gasteiger partial charge on any atom is -0.299 e. The third-order valence-corrected chi connectivity index (χ3v) is 2.75. The van der Waals surface area contributed by atoms with Crippen LogP contribution < -0.4 is 0 Å². The molecular formula is C11H18O. The lowest BCUT2D eigenvalue weighted by molar-refractivity contribution is -0.123. The summed E-state index contributed by atoms with van der Waals surface area (Å²) in [6.07, 6.45) is 3.29. The molecule has 3 unspecified atom stereocenters. The van der Waals surface area contributed by atoms with Crippen molar-refractivity contribution in [3.8, 4) is 0 Å². The van der Waals surface area contributed by atoms with Gasteiger partial charge in [-0.3, -0.25) is 4.79 Å². The number of Topliss-reactive ketones (excluding diaryl/α,β-unsaturated/α-hetero) is 1. The summed E-state index contributed by atoms with van der Waals surface area (Å²) >= 11 is 0. The Hall–Kier alpha value is -0.590. The molecule has 1 nitrogen and oxygen atoms in total. The van der Waals surface area contributed by atoms with E-state index in [0.717, 1.165) is 6.42 Å². The molecule has 0 radical (unpaired) electrons. The van der Waals surface area contributed by atoms with Gasteiger partial charge in [0.25, 0.3) is 0 Å². The van der Waals surface area contributed by atoms with Crippen LogP contribution in [0, 0.1) is 17.8 Å². The molecular weight excluding hydrogens is 148 g/mol. The Morgan fingerprint density at radius 2 is 2.00 bits per heavy atom.